The van der Waals surface area contributed by atoms with Crippen molar-refractivity contribution in [3.63, 3.8) is 0 Å². The molecule has 0 atom stereocenters. The van der Waals surface area contributed by atoms with E-state index in [0.717, 1.165) is 24.3 Å². The maximum atomic E-state index is 12.2. The van der Waals surface area contributed by atoms with Crippen LogP contribution in [-0.4, -0.2) is 35.0 Å². The second-order valence-corrected chi connectivity index (χ2v) is 5.54. The van der Waals surface area contributed by atoms with E-state index in [1.165, 1.54) is 0 Å². The van der Waals surface area contributed by atoms with Crippen molar-refractivity contribution in [2.24, 2.45) is 0 Å². The third-order valence-corrected chi connectivity index (χ3v) is 3.81. The van der Waals surface area contributed by atoms with Gasteiger partial charge in [-0.3, -0.25) is 9.59 Å². The number of aliphatic carboxylic acids is 1. The number of hydrogen-bond donors (Lipinski definition) is 1. The molecule has 0 aromatic heterocycles. The van der Waals surface area contributed by atoms with Gasteiger partial charge in [0.1, 0.15) is 0 Å². The Labute approximate surface area is 124 Å². The smallest absolute Gasteiger partial charge is 0.305 e. The van der Waals surface area contributed by atoms with E-state index in [-0.39, 0.29) is 18.9 Å². The van der Waals surface area contributed by atoms with Crippen molar-refractivity contribution in [1.29, 1.82) is 0 Å². The maximum Gasteiger partial charge on any atom is 0.305 e. The Morgan fingerprint density at radius 2 is 1.95 bits per heavy atom. The number of hydrogen-bond acceptors (Lipinski definition) is 3. The monoisotopic (exact) mass is 295 g/mol. The quantitative estimate of drug-likeness (QED) is 0.711. The highest BCUT2D eigenvalue weighted by molar-refractivity contribution is 7.99. The number of amides is 1. The van der Waals surface area contributed by atoms with Crippen molar-refractivity contribution in [1.82, 2.24) is 0 Å². The molecule has 5 heteroatoms. The molecule has 0 saturated heterocycles. The van der Waals surface area contributed by atoms with Crippen molar-refractivity contribution in [3.05, 3.63) is 30.3 Å². The Balaban J connectivity index is 2.62. The molecule has 0 fully saturated rings. The molecule has 1 rings (SSSR count). The van der Waals surface area contributed by atoms with E-state index in [9.17, 15) is 9.59 Å². The van der Waals surface area contributed by atoms with Gasteiger partial charge in [0.2, 0.25) is 5.91 Å². The van der Waals surface area contributed by atoms with E-state index in [2.05, 4.69) is 6.92 Å². The fraction of sp³-hybridized carbons (Fsp3) is 0.467. The Morgan fingerprint density at radius 1 is 1.25 bits per heavy atom. The van der Waals surface area contributed by atoms with Crippen molar-refractivity contribution in [2.75, 3.05) is 23.0 Å². The average Bonchev–Trinajstić information content (AvgIpc) is 2.44. The molecule has 0 bridgehead atoms. The van der Waals surface area contributed by atoms with Crippen LogP contribution in [0, 0.1) is 0 Å². The van der Waals surface area contributed by atoms with E-state index in [1.54, 1.807) is 16.7 Å². The summed E-state index contributed by atoms with van der Waals surface area (Å²) in [5.74, 6) is 0.439. The van der Waals surface area contributed by atoms with Crippen LogP contribution in [0.1, 0.15) is 26.2 Å². The standard InChI is InChI=1S/C15H21NO3S/c1-2-3-11-20-12-14(17)16(10-9-15(18)19)13-7-5-4-6-8-13/h4-8H,2-3,9-12H2,1H3,(H,18,19). The first-order valence-electron chi connectivity index (χ1n) is 6.80. The number of nitrogens with zero attached hydrogens (tertiary/aromatic N) is 1. The Kier molecular flexibility index (Phi) is 7.80. The number of carboxylic acid groups (broad SMARTS) is 1. The van der Waals surface area contributed by atoms with Gasteiger partial charge in [-0.25, -0.2) is 0 Å². The maximum absolute atomic E-state index is 12.2. The van der Waals surface area contributed by atoms with Crippen LogP contribution in [0.3, 0.4) is 0 Å². The third-order valence-electron chi connectivity index (χ3n) is 2.79. The number of carbonyl (C=O) groups excluding carboxylic acids is 1. The minimum absolute atomic E-state index is 0.0291. The highest BCUT2D eigenvalue weighted by Crippen LogP contribution is 2.16. The average molecular weight is 295 g/mol. The second-order valence-electron chi connectivity index (χ2n) is 4.43. The molecule has 0 radical (unpaired) electrons. The third kappa shape index (κ3) is 6.10. The Bertz CT molecular complexity index is 422. The first-order chi connectivity index (χ1) is 9.65. The lowest BCUT2D eigenvalue weighted by atomic mass is 10.2. The normalized spacial score (nSPS) is 10.2. The van der Waals surface area contributed by atoms with Gasteiger partial charge >= 0.3 is 5.97 Å². The van der Waals surface area contributed by atoms with E-state index < -0.39 is 5.97 Å². The van der Waals surface area contributed by atoms with Crippen LogP contribution in [0.4, 0.5) is 5.69 Å². The van der Waals surface area contributed by atoms with Gasteiger partial charge in [-0.1, -0.05) is 31.5 Å². The summed E-state index contributed by atoms with van der Waals surface area (Å²) in [4.78, 5) is 24.5. The van der Waals surface area contributed by atoms with Gasteiger partial charge in [0.05, 0.1) is 12.2 Å². The largest absolute Gasteiger partial charge is 0.481 e. The van der Waals surface area contributed by atoms with Crippen molar-refractivity contribution >= 4 is 29.3 Å². The lowest BCUT2D eigenvalue weighted by Gasteiger charge is -2.22. The van der Waals surface area contributed by atoms with Crippen LogP contribution in [0.25, 0.3) is 0 Å². The van der Waals surface area contributed by atoms with Gasteiger partial charge in [0.25, 0.3) is 0 Å². The first kappa shape index (κ1) is 16.6. The number of para-hydroxylation sites is 1. The molecule has 0 aliphatic heterocycles. The van der Waals surface area contributed by atoms with Crippen molar-refractivity contribution in [2.45, 2.75) is 26.2 Å². The molecule has 0 aliphatic carbocycles. The summed E-state index contributed by atoms with van der Waals surface area (Å²) in [5.41, 5.74) is 0.759. The molecular weight excluding hydrogens is 274 g/mol. The van der Waals surface area contributed by atoms with Crippen LogP contribution < -0.4 is 4.90 Å². The minimum atomic E-state index is -0.891. The van der Waals surface area contributed by atoms with E-state index >= 15 is 0 Å². The molecular formula is C15H21NO3S. The summed E-state index contributed by atoms with van der Waals surface area (Å²) in [6.45, 7) is 2.33. The lowest BCUT2D eigenvalue weighted by Crippen LogP contribution is -2.34. The SMILES string of the molecule is CCCCSCC(=O)N(CCC(=O)O)c1ccccc1. The van der Waals surface area contributed by atoms with Crippen molar-refractivity contribution in [3.8, 4) is 0 Å². The van der Waals surface area contributed by atoms with Gasteiger partial charge in [0.15, 0.2) is 0 Å². The molecule has 20 heavy (non-hydrogen) atoms. The first-order valence-corrected chi connectivity index (χ1v) is 7.95. The zero-order valence-electron chi connectivity index (χ0n) is 11.7. The van der Waals surface area contributed by atoms with Gasteiger partial charge < -0.3 is 10.0 Å². The highest BCUT2D eigenvalue weighted by atomic mass is 32.2. The molecule has 110 valence electrons. The molecule has 1 amide bonds. The van der Waals surface area contributed by atoms with Crippen LogP contribution >= 0.6 is 11.8 Å². The summed E-state index contributed by atoms with van der Waals surface area (Å²) >= 11 is 1.60. The highest BCUT2D eigenvalue weighted by Gasteiger charge is 2.16. The zero-order chi connectivity index (χ0) is 14.8. The lowest BCUT2D eigenvalue weighted by molar-refractivity contribution is -0.136. The number of thioether (sulfide) groups is 1. The van der Waals surface area contributed by atoms with Gasteiger partial charge in [-0.2, -0.15) is 11.8 Å². The number of anilines is 1. The number of unbranched alkanes of at least 4 members (excludes halogenated alkanes) is 1. The second kappa shape index (κ2) is 9.42. The molecule has 0 saturated carbocycles. The van der Waals surface area contributed by atoms with Crippen molar-refractivity contribution < 1.29 is 14.7 Å². The summed E-state index contributed by atoms with van der Waals surface area (Å²) in [6, 6.07) is 9.23. The zero-order valence-corrected chi connectivity index (χ0v) is 12.6. The Hall–Kier alpha value is -1.49. The number of rotatable bonds is 9. The number of carbonyl (C=O) groups is 2. The van der Waals surface area contributed by atoms with E-state index in [1.807, 2.05) is 30.3 Å². The van der Waals surface area contributed by atoms with E-state index in [4.69, 9.17) is 5.11 Å². The fourth-order valence-electron chi connectivity index (χ4n) is 1.70. The topological polar surface area (TPSA) is 57.6 Å². The van der Waals surface area contributed by atoms with Gasteiger partial charge in [-0.15, -0.1) is 0 Å². The van der Waals surface area contributed by atoms with Gasteiger partial charge in [0, 0.05) is 12.2 Å². The molecule has 4 nitrogen and oxygen atoms in total. The van der Waals surface area contributed by atoms with E-state index in [0.29, 0.717) is 5.75 Å². The molecule has 0 heterocycles. The summed E-state index contributed by atoms with van der Waals surface area (Å²) in [7, 11) is 0. The summed E-state index contributed by atoms with van der Waals surface area (Å²) in [6.07, 6.45) is 2.17. The van der Waals surface area contributed by atoms with Crippen LogP contribution in [0.5, 0.6) is 0 Å². The van der Waals surface area contributed by atoms with Gasteiger partial charge in [-0.05, 0) is 24.3 Å². The summed E-state index contributed by atoms with van der Waals surface area (Å²) < 4.78 is 0. The Morgan fingerprint density at radius 3 is 2.55 bits per heavy atom. The number of benzene rings is 1. The molecule has 0 spiro atoms. The summed E-state index contributed by atoms with van der Waals surface area (Å²) in [5, 5.41) is 8.79. The predicted octanol–water partition coefficient (Wildman–Crippen LogP) is 3.03. The molecule has 1 N–H and O–H groups in total. The molecule has 1 aromatic carbocycles. The van der Waals surface area contributed by atoms with Crippen LogP contribution in [0.15, 0.2) is 30.3 Å². The predicted molar refractivity (Wildman–Crippen MR) is 83.3 cm³/mol. The minimum Gasteiger partial charge on any atom is -0.481 e. The van der Waals surface area contributed by atoms with Crippen LogP contribution in [0.2, 0.25) is 0 Å². The molecule has 0 aliphatic rings. The molecule has 1 aromatic rings. The fourth-order valence-corrected chi connectivity index (χ4v) is 2.66. The number of carboxylic acids is 1. The molecule has 0 unspecified atom stereocenters. The van der Waals surface area contributed by atoms with Crippen LogP contribution in [-0.2, 0) is 9.59 Å².